The summed E-state index contributed by atoms with van der Waals surface area (Å²) in [6, 6.07) is 10.2. The zero-order valence-electron chi connectivity index (χ0n) is 19.7. The predicted octanol–water partition coefficient (Wildman–Crippen LogP) is 2.56. The van der Waals surface area contributed by atoms with Crippen LogP contribution in [0.1, 0.15) is 34.6 Å². The summed E-state index contributed by atoms with van der Waals surface area (Å²) in [5.74, 6) is -0.252. The molecule has 3 amide bonds. The summed E-state index contributed by atoms with van der Waals surface area (Å²) in [7, 11) is 1.66. The number of ether oxygens (including phenoxy) is 1. The van der Waals surface area contributed by atoms with E-state index in [1.54, 1.807) is 31.0 Å². The first-order valence-corrected chi connectivity index (χ1v) is 11.4. The van der Waals surface area contributed by atoms with Crippen LogP contribution in [0.15, 0.2) is 58.3 Å². The summed E-state index contributed by atoms with van der Waals surface area (Å²) in [5.41, 5.74) is 2.91. The van der Waals surface area contributed by atoms with Crippen molar-refractivity contribution in [1.29, 1.82) is 0 Å². The van der Waals surface area contributed by atoms with Crippen LogP contribution in [0, 0.1) is 6.92 Å². The third-order valence-corrected chi connectivity index (χ3v) is 6.21. The number of esters is 1. The Morgan fingerprint density at radius 1 is 1.15 bits per heavy atom. The smallest absolute Gasteiger partial charge is 0.338 e. The summed E-state index contributed by atoms with van der Waals surface area (Å²) >= 11 is 0. The molecule has 1 fully saturated rings. The van der Waals surface area contributed by atoms with Crippen molar-refractivity contribution in [3.05, 3.63) is 70.8 Å². The van der Waals surface area contributed by atoms with E-state index in [4.69, 9.17) is 9.15 Å². The molecule has 0 bridgehead atoms. The van der Waals surface area contributed by atoms with Crippen LogP contribution >= 0.6 is 0 Å². The minimum atomic E-state index is -0.598. The molecular weight excluding hydrogens is 436 g/mol. The lowest BCUT2D eigenvalue weighted by Gasteiger charge is -2.39. The van der Waals surface area contributed by atoms with E-state index in [9.17, 15) is 14.4 Å². The first-order chi connectivity index (χ1) is 16.4. The van der Waals surface area contributed by atoms with Gasteiger partial charge in [0.2, 0.25) is 0 Å². The van der Waals surface area contributed by atoms with Gasteiger partial charge in [-0.3, -0.25) is 14.6 Å². The lowest BCUT2D eigenvalue weighted by atomic mass is 9.93. The van der Waals surface area contributed by atoms with Gasteiger partial charge in [-0.25, -0.2) is 9.59 Å². The Morgan fingerprint density at radius 3 is 2.56 bits per heavy atom. The Balaban J connectivity index is 1.58. The van der Waals surface area contributed by atoms with Gasteiger partial charge in [-0.05, 0) is 31.5 Å². The molecule has 0 unspecified atom stereocenters. The maximum Gasteiger partial charge on any atom is 0.338 e. The number of urea groups is 1. The van der Waals surface area contributed by atoms with Crippen molar-refractivity contribution in [2.24, 2.45) is 0 Å². The van der Waals surface area contributed by atoms with Gasteiger partial charge in [0.15, 0.2) is 5.76 Å². The highest BCUT2D eigenvalue weighted by Gasteiger charge is 2.38. The summed E-state index contributed by atoms with van der Waals surface area (Å²) in [5, 5.41) is 2.95. The van der Waals surface area contributed by atoms with Crippen LogP contribution in [0.5, 0.6) is 0 Å². The number of amides is 3. The molecular formula is C25H30N4O5. The molecule has 1 saturated heterocycles. The van der Waals surface area contributed by atoms with Crippen LogP contribution < -0.4 is 5.32 Å². The molecule has 0 aliphatic carbocycles. The Kier molecular flexibility index (Phi) is 7.02. The van der Waals surface area contributed by atoms with Crippen LogP contribution in [0.4, 0.5) is 4.79 Å². The number of furan rings is 1. The number of aryl methyl sites for hydroxylation is 1. The Bertz CT molecular complexity index is 1090. The molecule has 1 aromatic carbocycles. The van der Waals surface area contributed by atoms with Crippen LogP contribution in [0.25, 0.3) is 0 Å². The highest BCUT2D eigenvalue weighted by Crippen LogP contribution is 2.32. The second kappa shape index (κ2) is 10.1. The molecule has 0 radical (unpaired) electrons. The second-order valence-electron chi connectivity index (χ2n) is 8.48. The molecule has 2 aliphatic heterocycles. The van der Waals surface area contributed by atoms with E-state index in [0.717, 1.165) is 11.1 Å². The SMILES string of the molecule is CCOC(=O)C1=C(CN2CCN(C(=O)c3ccco3)CC2)N(C)C(=O)N[C@H]1c1cccc(C)c1. The van der Waals surface area contributed by atoms with Gasteiger partial charge in [0.05, 0.1) is 24.5 Å². The molecule has 180 valence electrons. The molecule has 1 N–H and O–H groups in total. The maximum atomic E-state index is 13.1. The van der Waals surface area contributed by atoms with Gasteiger partial charge in [-0.15, -0.1) is 0 Å². The molecule has 2 aliphatic rings. The van der Waals surface area contributed by atoms with E-state index < -0.39 is 12.0 Å². The van der Waals surface area contributed by atoms with Gasteiger partial charge in [0, 0.05) is 45.5 Å². The first-order valence-electron chi connectivity index (χ1n) is 11.4. The fourth-order valence-corrected chi connectivity index (χ4v) is 4.37. The van der Waals surface area contributed by atoms with Gasteiger partial charge < -0.3 is 19.4 Å². The number of benzene rings is 1. The maximum absolute atomic E-state index is 13.1. The monoisotopic (exact) mass is 466 g/mol. The molecule has 3 heterocycles. The summed E-state index contributed by atoms with van der Waals surface area (Å²) in [6.07, 6.45) is 1.49. The van der Waals surface area contributed by atoms with Crippen LogP contribution in [-0.4, -0.2) is 79.0 Å². The Labute approximate surface area is 198 Å². The Hall–Kier alpha value is -3.59. The normalized spacial score (nSPS) is 19.3. The van der Waals surface area contributed by atoms with Crippen molar-refractivity contribution in [1.82, 2.24) is 20.0 Å². The third-order valence-electron chi connectivity index (χ3n) is 6.21. The van der Waals surface area contributed by atoms with Crippen LogP contribution in [-0.2, 0) is 9.53 Å². The fourth-order valence-electron chi connectivity index (χ4n) is 4.37. The van der Waals surface area contributed by atoms with Gasteiger partial charge in [0.1, 0.15) is 0 Å². The van der Waals surface area contributed by atoms with E-state index in [2.05, 4.69) is 10.2 Å². The predicted molar refractivity (Wildman–Crippen MR) is 125 cm³/mol. The number of likely N-dealkylation sites (N-methyl/N-ethyl adjacent to an activating group) is 1. The highest BCUT2D eigenvalue weighted by molar-refractivity contribution is 5.95. The molecule has 2 aromatic rings. The lowest BCUT2D eigenvalue weighted by Crippen LogP contribution is -2.53. The lowest BCUT2D eigenvalue weighted by molar-refractivity contribution is -0.139. The number of carbonyl (C=O) groups excluding carboxylic acids is 3. The van der Waals surface area contributed by atoms with Gasteiger partial charge in [0.25, 0.3) is 5.91 Å². The molecule has 1 aromatic heterocycles. The number of nitrogens with one attached hydrogen (secondary N) is 1. The highest BCUT2D eigenvalue weighted by atomic mass is 16.5. The van der Waals surface area contributed by atoms with E-state index in [0.29, 0.717) is 49.8 Å². The summed E-state index contributed by atoms with van der Waals surface area (Å²) in [4.78, 5) is 43.9. The topological polar surface area (TPSA) is 95.3 Å². The average Bonchev–Trinajstić information content (AvgIpc) is 3.37. The van der Waals surface area contributed by atoms with Crippen LogP contribution in [0.2, 0.25) is 0 Å². The van der Waals surface area contributed by atoms with E-state index in [1.165, 1.54) is 11.2 Å². The van der Waals surface area contributed by atoms with Gasteiger partial charge in [-0.1, -0.05) is 29.8 Å². The van der Waals surface area contributed by atoms with Crippen molar-refractivity contribution >= 4 is 17.9 Å². The van der Waals surface area contributed by atoms with Gasteiger partial charge >= 0.3 is 12.0 Å². The zero-order chi connectivity index (χ0) is 24.2. The Morgan fingerprint density at radius 2 is 1.91 bits per heavy atom. The number of hydrogen-bond acceptors (Lipinski definition) is 6. The first kappa shape index (κ1) is 23.6. The largest absolute Gasteiger partial charge is 0.463 e. The number of carbonyl (C=O) groups is 3. The standard InChI is InChI=1S/C25H30N4O5/c1-4-33-24(31)21-19(27(3)25(32)26-22(21)18-8-5-7-17(2)15-18)16-28-10-12-29(13-11-28)23(30)20-9-6-14-34-20/h5-9,14-15,22H,4,10-13,16H2,1-3H3,(H,26,32)/t22-/m0/s1. The summed E-state index contributed by atoms with van der Waals surface area (Å²) in [6.45, 7) is 6.63. The van der Waals surface area contributed by atoms with Crippen molar-refractivity contribution in [2.75, 3.05) is 46.4 Å². The molecule has 4 rings (SSSR count). The quantitative estimate of drug-likeness (QED) is 0.658. The molecule has 9 heteroatoms. The van der Waals surface area contributed by atoms with Crippen molar-refractivity contribution < 1.29 is 23.5 Å². The molecule has 0 saturated carbocycles. The number of hydrogen-bond donors (Lipinski definition) is 1. The molecule has 9 nitrogen and oxygen atoms in total. The minimum absolute atomic E-state index is 0.134. The summed E-state index contributed by atoms with van der Waals surface area (Å²) < 4.78 is 10.6. The fraction of sp³-hybridized carbons (Fsp3) is 0.400. The number of piperazine rings is 1. The van der Waals surface area contributed by atoms with Crippen molar-refractivity contribution in [3.63, 3.8) is 0 Å². The second-order valence-corrected chi connectivity index (χ2v) is 8.48. The molecule has 34 heavy (non-hydrogen) atoms. The average molecular weight is 467 g/mol. The number of nitrogens with zero attached hydrogens (tertiary/aromatic N) is 3. The van der Waals surface area contributed by atoms with Crippen molar-refractivity contribution in [2.45, 2.75) is 19.9 Å². The van der Waals surface area contributed by atoms with Crippen LogP contribution in [0.3, 0.4) is 0 Å². The molecule has 1 atom stereocenters. The minimum Gasteiger partial charge on any atom is -0.463 e. The van der Waals surface area contributed by atoms with Gasteiger partial charge in [-0.2, -0.15) is 0 Å². The van der Waals surface area contributed by atoms with E-state index in [-0.39, 0.29) is 18.5 Å². The van der Waals surface area contributed by atoms with Crippen molar-refractivity contribution in [3.8, 4) is 0 Å². The number of rotatable bonds is 6. The third kappa shape index (κ3) is 4.84. The zero-order valence-corrected chi connectivity index (χ0v) is 19.7. The van der Waals surface area contributed by atoms with E-state index >= 15 is 0 Å². The molecule has 0 spiro atoms. The van der Waals surface area contributed by atoms with E-state index in [1.807, 2.05) is 31.2 Å².